The molecule has 1 aromatic carbocycles. The van der Waals surface area contributed by atoms with Crippen molar-refractivity contribution in [2.24, 2.45) is 33.1 Å². The lowest BCUT2D eigenvalue weighted by Gasteiger charge is -2.25. The highest BCUT2D eigenvalue weighted by molar-refractivity contribution is 7.97. The standard InChI is InChI=1S/C28H39N5OS/c1-19(2)25-15-12-20(3)30-26(27(25)32-35-4)21-8-5-9-22(14-13-21)28(34)31-23-10-6-11-24(18-23)33-17-7-16-29-33/h6-7,10-11,16-22,25H,5,8-9,12-15H2,1-4H3,(H,31,34)/b32-27+. The number of amides is 1. The minimum atomic E-state index is 0.0268. The fraction of sp³-hybridized carbons (Fsp3) is 0.571. The number of carbonyl (C=O) groups is 1. The lowest BCUT2D eigenvalue weighted by molar-refractivity contribution is -0.120. The first kappa shape index (κ1) is 25.7. The topological polar surface area (TPSA) is 71.6 Å². The third-order valence-corrected chi connectivity index (χ3v) is 7.85. The third kappa shape index (κ3) is 6.43. The molecule has 35 heavy (non-hydrogen) atoms. The highest BCUT2D eigenvalue weighted by atomic mass is 32.2. The molecule has 1 aliphatic heterocycles. The second-order valence-electron chi connectivity index (χ2n) is 10.3. The number of aromatic nitrogens is 2. The zero-order valence-corrected chi connectivity index (χ0v) is 22.3. The Kier molecular flexibility index (Phi) is 8.82. The van der Waals surface area contributed by atoms with E-state index in [0.717, 1.165) is 56.3 Å². The van der Waals surface area contributed by atoms with E-state index in [-0.39, 0.29) is 11.8 Å². The van der Waals surface area contributed by atoms with Crippen LogP contribution < -0.4 is 5.32 Å². The zero-order valence-electron chi connectivity index (χ0n) is 21.5. The van der Waals surface area contributed by atoms with Gasteiger partial charge in [0, 0.05) is 48.1 Å². The molecule has 1 fully saturated rings. The Labute approximate surface area is 214 Å². The van der Waals surface area contributed by atoms with E-state index in [1.54, 1.807) is 22.8 Å². The van der Waals surface area contributed by atoms with Gasteiger partial charge in [0.2, 0.25) is 5.91 Å². The number of hydrogen-bond acceptors (Lipinski definition) is 5. The normalized spacial score (nSPS) is 26.8. The number of rotatable bonds is 6. The van der Waals surface area contributed by atoms with Crippen LogP contribution in [-0.2, 0) is 4.79 Å². The smallest absolute Gasteiger partial charge is 0.227 e. The van der Waals surface area contributed by atoms with Crippen molar-refractivity contribution in [2.45, 2.75) is 71.8 Å². The van der Waals surface area contributed by atoms with Crippen molar-refractivity contribution >= 4 is 35.0 Å². The van der Waals surface area contributed by atoms with Gasteiger partial charge in [-0.1, -0.05) is 26.3 Å². The molecule has 0 radical (unpaired) electrons. The molecule has 1 amide bonds. The molecular weight excluding hydrogens is 454 g/mol. The minimum absolute atomic E-state index is 0.0268. The Morgan fingerprint density at radius 2 is 2.00 bits per heavy atom. The Morgan fingerprint density at radius 3 is 2.74 bits per heavy atom. The molecule has 4 atom stereocenters. The molecule has 7 heteroatoms. The Hall–Kier alpha value is -2.41. The second kappa shape index (κ2) is 12.0. The van der Waals surface area contributed by atoms with Gasteiger partial charge in [-0.25, -0.2) is 9.08 Å². The Bertz CT molecular complexity index is 1050. The average Bonchev–Trinajstić information content (AvgIpc) is 3.19. The predicted molar refractivity (Wildman–Crippen MR) is 148 cm³/mol. The molecule has 4 rings (SSSR count). The lowest BCUT2D eigenvalue weighted by atomic mass is 9.80. The fourth-order valence-corrected chi connectivity index (χ4v) is 5.95. The first-order valence-electron chi connectivity index (χ1n) is 13.1. The van der Waals surface area contributed by atoms with Crippen LogP contribution >= 0.6 is 11.9 Å². The molecule has 2 aliphatic rings. The van der Waals surface area contributed by atoms with Crippen LogP contribution in [0, 0.1) is 23.7 Å². The summed E-state index contributed by atoms with van der Waals surface area (Å²) in [7, 11) is 0. The van der Waals surface area contributed by atoms with E-state index >= 15 is 0 Å². The van der Waals surface area contributed by atoms with Crippen LogP contribution in [0.15, 0.2) is 52.1 Å². The van der Waals surface area contributed by atoms with Crippen molar-refractivity contribution in [1.82, 2.24) is 9.78 Å². The van der Waals surface area contributed by atoms with E-state index in [1.165, 1.54) is 11.4 Å². The van der Waals surface area contributed by atoms with Crippen LogP contribution in [-0.4, -0.2) is 39.4 Å². The van der Waals surface area contributed by atoms with Crippen LogP contribution in [0.4, 0.5) is 5.69 Å². The molecule has 188 valence electrons. The first-order valence-corrected chi connectivity index (χ1v) is 14.2. The van der Waals surface area contributed by atoms with Gasteiger partial charge in [0.05, 0.1) is 17.1 Å². The summed E-state index contributed by atoms with van der Waals surface area (Å²) in [5.41, 5.74) is 4.21. The van der Waals surface area contributed by atoms with Gasteiger partial charge in [0.25, 0.3) is 0 Å². The van der Waals surface area contributed by atoms with Crippen molar-refractivity contribution in [3.05, 3.63) is 42.7 Å². The Balaban J connectivity index is 1.45. The van der Waals surface area contributed by atoms with Gasteiger partial charge in [-0.2, -0.15) is 5.10 Å². The number of nitrogens with zero attached hydrogens (tertiary/aromatic N) is 4. The van der Waals surface area contributed by atoms with Crippen molar-refractivity contribution in [3.8, 4) is 5.69 Å². The quantitative estimate of drug-likeness (QED) is 0.363. The molecule has 4 unspecified atom stereocenters. The molecule has 0 saturated heterocycles. The number of carbonyl (C=O) groups excluding carboxylic acids is 1. The summed E-state index contributed by atoms with van der Waals surface area (Å²) in [4.78, 5) is 18.4. The van der Waals surface area contributed by atoms with Crippen LogP contribution in [0.3, 0.4) is 0 Å². The molecular formula is C28H39N5OS. The van der Waals surface area contributed by atoms with E-state index in [1.807, 2.05) is 42.8 Å². The molecule has 0 spiro atoms. The van der Waals surface area contributed by atoms with Gasteiger partial charge >= 0.3 is 0 Å². The number of anilines is 1. The van der Waals surface area contributed by atoms with Crippen LogP contribution in [0.5, 0.6) is 0 Å². The van der Waals surface area contributed by atoms with E-state index in [4.69, 9.17) is 9.39 Å². The lowest BCUT2D eigenvalue weighted by Crippen LogP contribution is -2.32. The van der Waals surface area contributed by atoms with Crippen molar-refractivity contribution < 1.29 is 4.79 Å². The molecule has 1 aromatic heterocycles. The summed E-state index contributed by atoms with van der Waals surface area (Å²) in [6.07, 6.45) is 12.9. The number of nitrogens with one attached hydrogen (secondary N) is 1. The van der Waals surface area contributed by atoms with E-state index in [0.29, 0.717) is 23.8 Å². The first-order chi connectivity index (χ1) is 17.0. The molecule has 1 aliphatic carbocycles. The molecule has 2 aromatic rings. The predicted octanol–water partition coefficient (Wildman–Crippen LogP) is 6.62. The van der Waals surface area contributed by atoms with E-state index in [9.17, 15) is 4.79 Å². The van der Waals surface area contributed by atoms with Gasteiger partial charge < -0.3 is 5.32 Å². The third-order valence-electron chi connectivity index (χ3n) is 7.47. The van der Waals surface area contributed by atoms with Gasteiger partial charge in [0.15, 0.2) is 0 Å². The van der Waals surface area contributed by atoms with Gasteiger partial charge in [-0.15, -0.1) is 0 Å². The number of aliphatic imine (C=N–C) groups is 1. The molecule has 0 bridgehead atoms. The Morgan fingerprint density at radius 1 is 1.14 bits per heavy atom. The van der Waals surface area contributed by atoms with E-state index in [2.05, 4.69) is 31.2 Å². The van der Waals surface area contributed by atoms with E-state index < -0.39 is 0 Å². The zero-order chi connectivity index (χ0) is 24.8. The second-order valence-corrected chi connectivity index (χ2v) is 10.9. The van der Waals surface area contributed by atoms with Gasteiger partial charge in [0.1, 0.15) is 0 Å². The van der Waals surface area contributed by atoms with Crippen molar-refractivity contribution in [2.75, 3.05) is 11.6 Å². The number of hydrogen-bond donors (Lipinski definition) is 1. The monoisotopic (exact) mass is 493 g/mol. The SMILES string of the molecule is CS/N=C1/C(C2CCCC(C(=O)Nc3cccc(-n4cccn4)c3)CC2)=NC(C)CCC1C(C)C. The molecule has 2 heterocycles. The molecule has 1 N–H and O–H groups in total. The van der Waals surface area contributed by atoms with Crippen LogP contribution in [0.25, 0.3) is 5.69 Å². The highest BCUT2D eigenvalue weighted by Gasteiger charge is 2.34. The minimum Gasteiger partial charge on any atom is -0.326 e. The van der Waals surface area contributed by atoms with Gasteiger partial charge in [-0.05, 0) is 87.6 Å². The maximum absolute atomic E-state index is 13.2. The molecule has 6 nitrogen and oxygen atoms in total. The van der Waals surface area contributed by atoms with Gasteiger partial charge in [-0.3, -0.25) is 9.79 Å². The molecule has 1 saturated carbocycles. The maximum Gasteiger partial charge on any atom is 0.227 e. The maximum atomic E-state index is 13.2. The van der Waals surface area contributed by atoms with Crippen molar-refractivity contribution in [1.29, 1.82) is 0 Å². The largest absolute Gasteiger partial charge is 0.326 e. The summed E-state index contributed by atoms with van der Waals surface area (Å²) in [6.45, 7) is 6.86. The highest BCUT2D eigenvalue weighted by Crippen LogP contribution is 2.34. The number of benzene rings is 1. The summed E-state index contributed by atoms with van der Waals surface area (Å²) in [5.74, 6) is 1.56. The fourth-order valence-electron chi connectivity index (χ4n) is 5.52. The summed E-state index contributed by atoms with van der Waals surface area (Å²) >= 11 is 1.56. The van der Waals surface area contributed by atoms with Crippen LogP contribution in [0.1, 0.15) is 65.7 Å². The van der Waals surface area contributed by atoms with Crippen molar-refractivity contribution in [3.63, 3.8) is 0 Å². The summed E-state index contributed by atoms with van der Waals surface area (Å²) < 4.78 is 6.73. The summed E-state index contributed by atoms with van der Waals surface area (Å²) in [5, 5.41) is 7.46. The summed E-state index contributed by atoms with van der Waals surface area (Å²) in [6, 6.07) is 10.1. The van der Waals surface area contributed by atoms with Crippen LogP contribution in [0.2, 0.25) is 0 Å². The average molecular weight is 494 g/mol.